The van der Waals surface area contributed by atoms with Gasteiger partial charge in [-0.3, -0.25) is 0 Å². The van der Waals surface area contributed by atoms with Crippen molar-refractivity contribution in [3.05, 3.63) is 84.9 Å². The molecule has 0 aliphatic carbocycles. The smallest absolute Gasteiger partial charge is 0.330 e. The standard InChI is InChI=1S/C64H78N8O6/c1-18-47(73)74-30-39-28-29-46(78-56(37(14)15)38(16)17)52-48(39)60-71-63-51-42(24-21-27-45(51)77-55(35(10)11)36(12)13)58(69-63)67-61-49-40(22-19-25-43(49)75-53(31(2)3)32(4)5)57(65-61)66-62-50-41(59(68-62)70-64(52)72-60)23-20-26-44(50)76-54(33(6)7)34(8)9/h18-29,31-38,53-56H,1,30H2,2-17H3,(H2,65,66,67,68,69,70,71,72). The van der Waals surface area contributed by atoms with E-state index in [9.17, 15) is 4.79 Å². The highest BCUT2D eigenvalue weighted by atomic mass is 16.5. The van der Waals surface area contributed by atoms with Crippen LogP contribution in [0.2, 0.25) is 0 Å². The molecule has 410 valence electrons. The van der Waals surface area contributed by atoms with Gasteiger partial charge in [0.15, 0.2) is 23.3 Å². The van der Waals surface area contributed by atoms with E-state index in [0.717, 1.165) is 33.4 Å². The number of hydrogen-bond acceptors (Lipinski definition) is 12. The number of ether oxygens (including phenoxy) is 5. The van der Waals surface area contributed by atoms with E-state index in [2.05, 4.69) is 127 Å². The third kappa shape index (κ3) is 10.8. The minimum atomic E-state index is -0.566. The Kier molecular flexibility index (Phi) is 16.0. The van der Waals surface area contributed by atoms with E-state index in [1.807, 2.05) is 66.7 Å². The Morgan fingerprint density at radius 1 is 0.436 bits per heavy atom. The van der Waals surface area contributed by atoms with Gasteiger partial charge in [0.05, 0.1) is 21.9 Å². The predicted molar refractivity (Wildman–Crippen MR) is 312 cm³/mol. The van der Waals surface area contributed by atoms with Crippen LogP contribution in [0.1, 0.15) is 116 Å². The lowest BCUT2D eigenvalue weighted by molar-refractivity contribution is -0.138. The summed E-state index contributed by atoms with van der Waals surface area (Å²) in [5, 5.41) is 2.95. The number of H-pyrrole nitrogens is 2. The molecule has 7 aromatic rings. The molecule has 0 saturated heterocycles. The Hall–Kier alpha value is -7.35. The average Bonchev–Trinajstić information content (AvgIpc) is 4.27. The zero-order chi connectivity index (χ0) is 56.0. The highest BCUT2D eigenvalue weighted by Gasteiger charge is 2.33. The highest BCUT2D eigenvalue weighted by molar-refractivity contribution is 6.10. The number of carbonyl (C=O) groups excluding carboxylic acids is 1. The Labute approximate surface area is 459 Å². The van der Waals surface area contributed by atoms with Crippen molar-refractivity contribution < 1.29 is 28.5 Å². The number of rotatable bonds is 19. The van der Waals surface area contributed by atoms with Crippen molar-refractivity contribution in [2.75, 3.05) is 0 Å². The molecule has 0 saturated carbocycles. The van der Waals surface area contributed by atoms with Gasteiger partial charge in [-0.2, -0.15) is 0 Å². The molecule has 2 aliphatic heterocycles. The first-order valence-electron chi connectivity index (χ1n) is 28.0. The van der Waals surface area contributed by atoms with E-state index >= 15 is 0 Å². The number of nitrogens with zero attached hydrogens (tertiary/aromatic N) is 6. The van der Waals surface area contributed by atoms with E-state index in [1.54, 1.807) is 0 Å². The number of aromatic amines is 2. The van der Waals surface area contributed by atoms with E-state index in [-0.39, 0.29) is 78.4 Å². The van der Waals surface area contributed by atoms with Crippen molar-refractivity contribution in [1.29, 1.82) is 0 Å². The molecule has 0 fully saturated rings. The molecule has 4 aromatic carbocycles. The Balaban J connectivity index is 1.48. The molecule has 0 amide bonds. The van der Waals surface area contributed by atoms with Crippen LogP contribution in [0.3, 0.4) is 0 Å². The van der Waals surface area contributed by atoms with Gasteiger partial charge in [-0.25, -0.2) is 34.7 Å². The van der Waals surface area contributed by atoms with Gasteiger partial charge in [-0.1, -0.05) is 160 Å². The van der Waals surface area contributed by atoms with Gasteiger partial charge in [0.1, 0.15) is 76.6 Å². The second-order valence-electron chi connectivity index (χ2n) is 23.7. The quantitative estimate of drug-likeness (QED) is 0.0581. The van der Waals surface area contributed by atoms with Gasteiger partial charge in [0, 0.05) is 33.5 Å². The first-order chi connectivity index (χ1) is 37.1. The first kappa shape index (κ1) is 55.4. The van der Waals surface area contributed by atoms with Crippen molar-refractivity contribution in [3.8, 4) is 68.5 Å². The maximum atomic E-state index is 12.8. The van der Waals surface area contributed by atoms with E-state index in [1.165, 1.54) is 0 Å². The fraction of sp³-hybridized carbons (Fsp3) is 0.453. The fourth-order valence-electron chi connectivity index (χ4n) is 11.5. The molecule has 14 nitrogen and oxygen atoms in total. The number of esters is 1. The zero-order valence-corrected chi connectivity index (χ0v) is 48.4. The van der Waals surface area contributed by atoms with Gasteiger partial charge < -0.3 is 33.7 Å². The molecule has 0 atom stereocenters. The van der Waals surface area contributed by atoms with Gasteiger partial charge in [0.25, 0.3) is 0 Å². The number of carbonyl (C=O) groups is 1. The lowest BCUT2D eigenvalue weighted by Gasteiger charge is -2.27. The van der Waals surface area contributed by atoms with E-state index in [0.29, 0.717) is 91.0 Å². The molecule has 0 unspecified atom stereocenters. The normalized spacial score (nSPS) is 12.6. The summed E-state index contributed by atoms with van der Waals surface area (Å²) in [4.78, 5) is 52.8. The van der Waals surface area contributed by atoms with Crippen LogP contribution in [0.15, 0.2) is 79.4 Å². The SMILES string of the molecule is C=CC(=O)OCc1ccc(OC(C(C)C)C(C)C)c2c1-c1nc-2nc2[nH]c(nc3nc(nc4[nH]c(n1)c1c(OC(C(C)C)C(C)C)cccc41)-c1c(OC(C(C)C)C(C)C)cccc1-3)c1c(OC(C(C)C)C(C)C)cccc21. The zero-order valence-electron chi connectivity index (χ0n) is 48.4. The predicted octanol–water partition coefficient (Wildman–Crippen LogP) is 15.3. The summed E-state index contributed by atoms with van der Waals surface area (Å²) in [5.41, 5.74) is 5.24. The van der Waals surface area contributed by atoms with Crippen LogP contribution in [0.4, 0.5) is 0 Å². The van der Waals surface area contributed by atoms with Crippen LogP contribution >= 0.6 is 0 Å². The number of hydrogen-bond donors (Lipinski definition) is 2. The molecule has 8 bridgehead atoms. The number of fused-ring (bicyclic) bond motifs is 20. The van der Waals surface area contributed by atoms with Crippen molar-refractivity contribution in [3.63, 3.8) is 0 Å². The highest BCUT2D eigenvalue weighted by Crippen LogP contribution is 2.47. The van der Waals surface area contributed by atoms with Crippen LogP contribution < -0.4 is 18.9 Å². The van der Waals surface area contributed by atoms with Crippen LogP contribution in [0, 0.1) is 47.3 Å². The van der Waals surface area contributed by atoms with E-state index in [4.69, 9.17) is 53.6 Å². The summed E-state index contributed by atoms with van der Waals surface area (Å²) in [5.74, 6) is 4.99. The molecule has 0 spiro atoms. The molecular formula is C64H78N8O6. The molecule has 2 aliphatic rings. The minimum absolute atomic E-state index is 0.100. The molecule has 14 heteroatoms. The van der Waals surface area contributed by atoms with Crippen LogP contribution in [0.5, 0.6) is 23.0 Å². The number of benzene rings is 4. The van der Waals surface area contributed by atoms with Gasteiger partial charge >= 0.3 is 5.97 Å². The third-order valence-corrected chi connectivity index (χ3v) is 14.8. The van der Waals surface area contributed by atoms with Crippen molar-refractivity contribution in [2.24, 2.45) is 47.3 Å². The second kappa shape index (κ2) is 22.6. The fourth-order valence-corrected chi connectivity index (χ4v) is 11.5. The summed E-state index contributed by atoms with van der Waals surface area (Å²) in [6, 6.07) is 21.8. The van der Waals surface area contributed by atoms with Crippen LogP contribution in [-0.2, 0) is 16.1 Å². The van der Waals surface area contributed by atoms with E-state index < -0.39 is 5.97 Å². The summed E-state index contributed by atoms with van der Waals surface area (Å²) in [6.45, 7) is 38.3. The molecule has 3 aromatic heterocycles. The van der Waals surface area contributed by atoms with Crippen molar-refractivity contribution in [2.45, 2.75) is 142 Å². The summed E-state index contributed by atoms with van der Waals surface area (Å²) in [7, 11) is 0. The van der Waals surface area contributed by atoms with Crippen molar-refractivity contribution >= 4 is 50.1 Å². The Morgan fingerprint density at radius 2 is 0.808 bits per heavy atom. The second-order valence-corrected chi connectivity index (χ2v) is 23.7. The molecule has 2 N–H and O–H groups in total. The lowest BCUT2D eigenvalue weighted by atomic mass is 9.95. The van der Waals surface area contributed by atoms with Gasteiger partial charge in [-0.15, -0.1) is 0 Å². The average molecular weight is 1060 g/mol. The minimum Gasteiger partial charge on any atom is -0.489 e. The molecular weight excluding hydrogens is 977 g/mol. The van der Waals surface area contributed by atoms with Gasteiger partial charge in [0.2, 0.25) is 0 Å². The molecule has 9 rings (SSSR count). The third-order valence-electron chi connectivity index (χ3n) is 14.8. The van der Waals surface area contributed by atoms with Crippen molar-refractivity contribution in [1.82, 2.24) is 39.9 Å². The Morgan fingerprint density at radius 3 is 1.27 bits per heavy atom. The molecule has 5 heterocycles. The number of aromatic nitrogens is 8. The molecule has 0 radical (unpaired) electrons. The lowest BCUT2D eigenvalue weighted by Crippen LogP contribution is -2.29. The maximum absolute atomic E-state index is 12.8. The molecule has 78 heavy (non-hydrogen) atoms. The van der Waals surface area contributed by atoms with Crippen LogP contribution in [-0.4, -0.2) is 70.3 Å². The summed E-state index contributed by atoms with van der Waals surface area (Å²) in [6.07, 6.45) is 0.634. The maximum Gasteiger partial charge on any atom is 0.330 e. The Bertz CT molecular complexity index is 3520. The largest absolute Gasteiger partial charge is 0.489 e. The van der Waals surface area contributed by atoms with Crippen LogP contribution in [0.25, 0.3) is 89.7 Å². The summed E-state index contributed by atoms with van der Waals surface area (Å²) >= 11 is 0. The van der Waals surface area contributed by atoms with Gasteiger partial charge in [-0.05, 0) is 71.6 Å². The number of nitrogens with one attached hydrogen (secondary N) is 2. The summed E-state index contributed by atoms with van der Waals surface area (Å²) < 4.78 is 34.0. The monoisotopic (exact) mass is 1050 g/mol. The topological polar surface area (TPSA) is 172 Å². The first-order valence-corrected chi connectivity index (χ1v) is 28.0.